The van der Waals surface area contributed by atoms with Gasteiger partial charge in [-0.15, -0.1) is 11.3 Å². The Bertz CT molecular complexity index is 9590. The van der Waals surface area contributed by atoms with E-state index in [4.69, 9.17) is 44.9 Å². The van der Waals surface area contributed by atoms with Crippen LogP contribution in [0.1, 0.15) is 74.9 Å². The van der Waals surface area contributed by atoms with Crippen molar-refractivity contribution in [1.82, 2.24) is 58.6 Å². The fourth-order valence-corrected chi connectivity index (χ4v) is 24.4. The molecule has 0 saturated heterocycles. The number of thiophene rings is 1. The zero-order valence-corrected chi connectivity index (χ0v) is 81.3. The largest absolute Gasteiger partial charge is 0.309 e. The van der Waals surface area contributed by atoms with Crippen LogP contribution in [0.2, 0.25) is 0 Å². The summed E-state index contributed by atoms with van der Waals surface area (Å²) in [6.45, 7) is 14.1. The molecule has 145 heavy (non-hydrogen) atoms. The van der Waals surface area contributed by atoms with Crippen molar-refractivity contribution in [3.8, 4) is 153 Å². The first kappa shape index (κ1) is 86.0. The van der Waals surface area contributed by atoms with Crippen LogP contribution in [0, 0.1) is 0 Å². The minimum atomic E-state index is -0.225. The van der Waals surface area contributed by atoms with E-state index < -0.39 is 0 Å². The van der Waals surface area contributed by atoms with Gasteiger partial charge in [-0.3, -0.25) is 9.13 Å². The summed E-state index contributed by atoms with van der Waals surface area (Å²) in [5.74, 6) is 5.79. The Labute approximate surface area is 842 Å². The molecule has 0 bridgehead atoms. The van der Waals surface area contributed by atoms with Crippen LogP contribution in [0.25, 0.3) is 239 Å². The van der Waals surface area contributed by atoms with Gasteiger partial charge >= 0.3 is 0 Å². The summed E-state index contributed by atoms with van der Waals surface area (Å²) in [5.41, 5.74) is 34.4. The number of benzene rings is 19. The fraction of sp³-hybridized carbons (Fsp3) is 0.0682. The average Bonchev–Trinajstić information content (AvgIpc) is 1.55. The molecule has 19 aromatic carbocycles. The summed E-state index contributed by atoms with van der Waals surface area (Å²) in [4.78, 5) is 46.4. The van der Waals surface area contributed by atoms with E-state index in [9.17, 15) is 0 Å². The minimum Gasteiger partial charge on any atom is -0.309 e. The second kappa shape index (κ2) is 34.1. The van der Waals surface area contributed by atoms with Crippen molar-refractivity contribution in [2.45, 2.75) is 57.8 Å². The first-order chi connectivity index (χ1) is 71.2. The molecule has 7 aromatic heterocycles. The maximum absolute atomic E-state index is 5.36. The molecule has 0 unspecified atom stereocenters. The maximum atomic E-state index is 5.36. The molecule has 0 spiro atoms. The van der Waals surface area contributed by atoms with E-state index in [1.807, 2.05) is 115 Å². The highest BCUT2D eigenvalue weighted by molar-refractivity contribution is 7.26. The summed E-state index contributed by atoms with van der Waals surface area (Å²) in [6, 6.07) is 159. The molecule has 686 valence electrons. The molecular weight excluding hydrogens is 1790 g/mol. The minimum absolute atomic E-state index is 0.194. The Morgan fingerprint density at radius 1 is 0.186 bits per heavy atom. The zero-order chi connectivity index (χ0) is 96.9. The number of rotatable bonds is 12. The third kappa shape index (κ3) is 14.1. The molecule has 3 aliphatic carbocycles. The van der Waals surface area contributed by atoms with E-state index in [2.05, 4.69) is 389 Å². The molecule has 0 N–H and O–H groups in total. The Hall–Kier alpha value is -18.2. The van der Waals surface area contributed by atoms with E-state index in [0.29, 0.717) is 52.7 Å². The van der Waals surface area contributed by atoms with Gasteiger partial charge in [0.1, 0.15) is 0 Å². The Morgan fingerprint density at radius 3 is 0.917 bits per heavy atom. The van der Waals surface area contributed by atoms with Gasteiger partial charge in [0.05, 0.1) is 33.1 Å². The van der Waals surface area contributed by atoms with E-state index >= 15 is 0 Å². The lowest BCUT2D eigenvalue weighted by molar-refractivity contribution is 0.663. The van der Waals surface area contributed by atoms with Crippen LogP contribution in [0.3, 0.4) is 0 Å². The predicted molar refractivity (Wildman–Crippen MR) is 597 cm³/mol. The van der Waals surface area contributed by atoms with Gasteiger partial charge in [0.2, 0.25) is 11.9 Å². The van der Waals surface area contributed by atoms with Crippen LogP contribution in [0.15, 0.2) is 449 Å². The number of hydrogen-bond acceptors (Lipinski definition) is 10. The topological polar surface area (TPSA) is 131 Å². The SMILES string of the molecule is CC1(C)c2ccccc2-c2ccc3c4ccc(-c5ccccc5)cc4n(-c4cccc(-c5nc(-c6ccccc6)nc(-c6ccccc6)n5)c4)c3c21.CC1(C)c2ccccc2-c2ccc3c4ccc(-c5ccccc5)cc4n(-c4nc(-c5ccccc5)nc(-c5ccccc5)n4)c3c21.CC1(C)c2ccccc2-c2ccc3c4ccccc4n(-c4nc(-c5ccccc5)nc(-c5cccc6c5sc5ccccc56)n4)c3c21. The third-order valence-corrected chi connectivity index (χ3v) is 31.1. The molecule has 12 nitrogen and oxygen atoms in total. The molecule has 0 amide bonds. The van der Waals surface area contributed by atoms with Gasteiger partial charge < -0.3 is 4.57 Å². The molecule has 7 heterocycles. The van der Waals surface area contributed by atoms with E-state index in [1.54, 1.807) is 11.3 Å². The smallest absolute Gasteiger partial charge is 0.238 e. The number of hydrogen-bond donors (Lipinski definition) is 0. The van der Waals surface area contributed by atoms with Gasteiger partial charge in [0.25, 0.3) is 0 Å². The molecule has 29 rings (SSSR count). The summed E-state index contributed by atoms with van der Waals surface area (Å²) in [6.07, 6.45) is 0. The normalized spacial score (nSPS) is 13.2. The quantitative estimate of drug-likeness (QED) is 0.117. The van der Waals surface area contributed by atoms with Crippen molar-refractivity contribution in [2.24, 2.45) is 0 Å². The lowest BCUT2D eigenvalue weighted by Gasteiger charge is -2.23. The highest BCUT2D eigenvalue weighted by Gasteiger charge is 2.43. The fourth-order valence-electron chi connectivity index (χ4n) is 23.2. The molecule has 0 atom stereocenters. The van der Waals surface area contributed by atoms with E-state index in [1.165, 1.54) is 147 Å². The van der Waals surface area contributed by atoms with Gasteiger partial charge in [0, 0.05) is 113 Å². The molecule has 0 aliphatic heterocycles. The number of aromatic nitrogens is 12. The summed E-state index contributed by atoms with van der Waals surface area (Å²) in [7, 11) is 0. The first-order valence-corrected chi connectivity index (χ1v) is 50.3. The van der Waals surface area contributed by atoms with Gasteiger partial charge in [-0.2, -0.15) is 19.9 Å². The molecule has 0 fully saturated rings. The molecule has 0 radical (unpaired) electrons. The van der Waals surface area contributed by atoms with Gasteiger partial charge in [-0.1, -0.05) is 448 Å². The average molecular weight is 1880 g/mol. The van der Waals surface area contributed by atoms with Crippen molar-refractivity contribution in [2.75, 3.05) is 0 Å². The Balaban J connectivity index is 0.000000108. The van der Waals surface area contributed by atoms with Crippen molar-refractivity contribution in [1.29, 1.82) is 0 Å². The van der Waals surface area contributed by atoms with Gasteiger partial charge in [-0.25, -0.2) is 24.9 Å². The molecule has 26 aromatic rings. The zero-order valence-electron chi connectivity index (χ0n) is 80.5. The van der Waals surface area contributed by atoms with Crippen LogP contribution < -0.4 is 0 Å². The maximum Gasteiger partial charge on any atom is 0.238 e. The standard InChI is InChI=1S/C48H34N4.C42H28N4S.C42H30N4/c1-48(2)41-24-13-12-23-37(41)39-27-28-40-38-26-25-34(31-15-6-3-7-16-31)30-42(38)52(44(40)43(39)48)36-22-14-21-35(29-36)47-50-45(32-17-8-4-9-18-32)49-46(51-47)33-19-10-5-11-20-33;1-42(2)33-20-9-6-15-26(33)29-23-24-30-27-16-7-10-21-34(27)46(37(30)36(29)42)41-44-39(25-13-4-3-5-14-25)43-40(45-41)32-19-12-18-31-28-17-8-11-22-35(28)47-38(31)32;1-42(2)35-21-13-12-20-31(35)33-24-25-34-32-23-22-30(27-14-6-3-7-15-27)26-36(32)46(38(34)37(33)42)41-44-39(28-16-8-4-9-17-28)43-40(45-41)29-18-10-5-11-19-29/h3-30H,1-2H3;3-24H,1-2H3;3-26H,1-2H3. The molecule has 3 aliphatic rings. The Kier molecular flexibility index (Phi) is 20.2. The van der Waals surface area contributed by atoms with Gasteiger partial charge in [-0.05, 0) is 131 Å². The number of nitrogens with zero attached hydrogens (tertiary/aromatic N) is 12. The lowest BCUT2D eigenvalue weighted by Crippen LogP contribution is -2.17. The highest BCUT2D eigenvalue weighted by atomic mass is 32.1. The van der Waals surface area contributed by atoms with Crippen LogP contribution in [-0.2, 0) is 16.2 Å². The third-order valence-electron chi connectivity index (χ3n) is 29.9. The van der Waals surface area contributed by atoms with Crippen molar-refractivity contribution < 1.29 is 0 Å². The van der Waals surface area contributed by atoms with E-state index in [-0.39, 0.29) is 16.2 Å². The van der Waals surface area contributed by atoms with E-state index in [0.717, 1.165) is 72.3 Å². The molecule has 0 saturated carbocycles. The highest BCUT2D eigenvalue weighted by Crippen LogP contribution is 2.58. The second-order valence-electron chi connectivity index (χ2n) is 39.4. The molecular formula is C132H92N12S. The lowest BCUT2D eigenvalue weighted by atomic mass is 9.81. The molecule has 13 heteroatoms. The Morgan fingerprint density at radius 2 is 0.483 bits per heavy atom. The van der Waals surface area contributed by atoms with Crippen molar-refractivity contribution >= 4 is 96.9 Å². The van der Waals surface area contributed by atoms with Crippen LogP contribution in [-0.4, -0.2) is 58.6 Å². The van der Waals surface area contributed by atoms with Gasteiger partial charge in [0.15, 0.2) is 40.8 Å². The summed E-state index contributed by atoms with van der Waals surface area (Å²) < 4.78 is 9.51. The van der Waals surface area contributed by atoms with Crippen molar-refractivity contribution in [3.05, 3.63) is 482 Å². The predicted octanol–water partition coefficient (Wildman–Crippen LogP) is 33.2. The second-order valence-corrected chi connectivity index (χ2v) is 40.5. The van der Waals surface area contributed by atoms with Crippen LogP contribution in [0.4, 0.5) is 0 Å². The number of fused-ring (bicyclic) bond motifs is 24. The monoisotopic (exact) mass is 1880 g/mol. The van der Waals surface area contributed by atoms with Crippen LogP contribution in [0.5, 0.6) is 0 Å². The number of para-hydroxylation sites is 1. The summed E-state index contributed by atoms with van der Waals surface area (Å²) in [5, 5.41) is 9.71. The van der Waals surface area contributed by atoms with Crippen LogP contribution >= 0.6 is 11.3 Å². The summed E-state index contributed by atoms with van der Waals surface area (Å²) >= 11 is 1.80. The first-order valence-electron chi connectivity index (χ1n) is 49.5. The van der Waals surface area contributed by atoms with Crippen molar-refractivity contribution in [3.63, 3.8) is 0 Å².